The number of anilines is 1. The number of carbonyl (C=O) groups is 2. The Kier molecular flexibility index (Phi) is 8.38. The molecule has 7 heteroatoms. The van der Waals surface area contributed by atoms with E-state index in [9.17, 15) is 9.59 Å². The van der Waals surface area contributed by atoms with Crippen molar-refractivity contribution in [3.05, 3.63) is 95.5 Å². The van der Waals surface area contributed by atoms with E-state index >= 15 is 0 Å². The van der Waals surface area contributed by atoms with Gasteiger partial charge in [0.2, 0.25) is 0 Å². The molecule has 1 heterocycles. The van der Waals surface area contributed by atoms with Crippen LogP contribution in [-0.2, 0) is 17.8 Å². The van der Waals surface area contributed by atoms with Crippen LogP contribution in [0.3, 0.4) is 0 Å². The summed E-state index contributed by atoms with van der Waals surface area (Å²) < 4.78 is 0. The topological polar surface area (TPSA) is 112 Å². The molecule has 0 fully saturated rings. The quantitative estimate of drug-likeness (QED) is 0.332. The summed E-state index contributed by atoms with van der Waals surface area (Å²) >= 11 is 0. The maximum Gasteiger partial charge on any atom is 0.335 e. The molecule has 0 saturated carbocycles. The number of pyridine rings is 1. The van der Waals surface area contributed by atoms with Gasteiger partial charge < -0.3 is 20.8 Å². The highest BCUT2D eigenvalue weighted by atomic mass is 16.4. The Morgan fingerprint density at radius 2 is 1.87 bits per heavy atom. The van der Waals surface area contributed by atoms with Crippen LogP contribution < -0.4 is 10.6 Å². The van der Waals surface area contributed by atoms with Crippen molar-refractivity contribution in [2.45, 2.75) is 19.9 Å². The highest BCUT2D eigenvalue weighted by Crippen LogP contribution is 2.12. The highest BCUT2D eigenvalue weighted by Gasteiger charge is 2.05. The summed E-state index contributed by atoms with van der Waals surface area (Å²) in [6, 6.07) is 12.4. The summed E-state index contributed by atoms with van der Waals surface area (Å²) in [6.07, 6.45) is 5.29. The van der Waals surface area contributed by atoms with Crippen molar-refractivity contribution < 1.29 is 19.8 Å². The first-order chi connectivity index (χ1) is 14.4. The molecule has 4 N–H and O–H groups in total. The van der Waals surface area contributed by atoms with E-state index in [-0.39, 0.29) is 11.1 Å². The van der Waals surface area contributed by atoms with Crippen LogP contribution in [-0.4, -0.2) is 33.7 Å². The van der Waals surface area contributed by atoms with Gasteiger partial charge in [0.15, 0.2) is 0 Å². The van der Waals surface area contributed by atoms with Crippen LogP contribution in [0, 0.1) is 0 Å². The number of allylic oxidation sites excluding steroid dienone is 2. The first kappa shape index (κ1) is 22.4. The third-order valence-electron chi connectivity index (χ3n) is 4.25. The summed E-state index contributed by atoms with van der Waals surface area (Å²) in [5, 5.41) is 24.5. The minimum Gasteiger partial charge on any atom is -0.478 e. The SMILES string of the molecule is C=C/C(=C\C(=C/C)NCCc1cccc(CNc2cccc(C(=O)O)c2)n1)C(=O)O. The van der Waals surface area contributed by atoms with Crippen LogP contribution in [0.5, 0.6) is 0 Å². The summed E-state index contributed by atoms with van der Waals surface area (Å²) in [7, 11) is 0. The van der Waals surface area contributed by atoms with E-state index in [2.05, 4.69) is 22.2 Å². The second-order valence-corrected chi connectivity index (χ2v) is 6.39. The number of carboxylic acids is 2. The molecule has 0 radical (unpaired) electrons. The van der Waals surface area contributed by atoms with Crippen molar-refractivity contribution in [3.8, 4) is 0 Å². The Morgan fingerprint density at radius 1 is 1.13 bits per heavy atom. The number of aromatic carboxylic acids is 1. The fourth-order valence-electron chi connectivity index (χ4n) is 2.67. The largest absolute Gasteiger partial charge is 0.478 e. The number of benzene rings is 1. The van der Waals surface area contributed by atoms with Gasteiger partial charge in [-0.05, 0) is 43.3 Å². The number of nitrogens with zero attached hydrogens (tertiary/aromatic N) is 1. The zero-order valence-electron chi connectivity index (χ0n) is 16.8. The van der Waals surface area contributed by atoms with Crippen LogP contribution in [0.15, 0.2) is 78.5 Å². The van der Waals surface area contributed by atoms with Crippen molar-refractivity contribution in [3.63, 3.8) is 0 Å². The van der Waals surface area contributed by atoms with Crippen LogP contribution in [0.4, 0.5) is 5.69 Å². The van der Waals surface area contributed by atoms with Crippen LogP contribution in [0.1, 0.15) is 28.7 Å². The van der Waals surface area contributed by atoms with Crippen LogP contribution in [0.25, 0.3) is 0 Å². The fourth-order valence-corrected chi connectivity index (χ4v) is 2.67. The minimum absolute atomic E-state index is 0.119. The molecule has 0 aliphatic heterocycles. The van der Waals surface area contributed by atoms with Gasteiger partial charge in [0, 0.05) is 30.0 Å². The molecule has 30 heavy (non-hydrogen) atoms. The molecule has 1 aromatic carbocycles. The molecule has 0 amide bonds. The molecule has 0 bridgehead atoms. The Morgan fingerprint density at radius 3 is 2.53 bits per heavy atom. The van der Waals surface area contributed by atoms with Gasteiger partial charge in [-0.3, -0.25) is 4.98 Å². The molecule has 0 aliphatic rings. The molecule has 0 atom stereocenters. The minimum atomic E-state index is -1.03. The maximum absolute atomic E-state index is 11.1. The van der Waals surface area contributed by atoms with Gasteiger partial charge >= 0.3 is 11.9 Å². The molecule has 156 valence electrons. The number of nitrogens with one attached hydrogen (secondary N) is 2. The third kappa shape index (κ3) is 6.94. The van der Waals surface area contributed by atoms with Gasteiger partial charge in [0.05, 0.1) is 23.4 Å². The van der Waals surface area contributed by atoms with E-state index in [1.807, 2.05) is 25.1 Å². The first-order valence-electron chi connectivity index (χ1n) is 9.42. The average Bonchev–Trinajstić information content (AvgIpc) is 2.75. The number of rotatable bonds is 11. The van der Waals surface area contributed by atoms with Gasteiger partial charge in [-0.2, -0.15) is 0 Å². The van der Waals surface area contributed by atoms with E-state index in [1.165, 1.54) is 12.2 Å². The highest BCUT2D eigenvalue weighted by molar-refractivity contribution is 5.90. The Hall–Kier alpha value is -3.87. The second-order valence-electron chi connectivity index (χ2n) is 6.39. The van der Waals surface area contributed by atoms with Gasteiger partial charge in [0.1, 0.15) is 0 Å². The second kappa shape index (κ2) is 11.2. The Bertz CT molecular complexity index is 980. The summed E-state index contributed by atoms with van der Waals surface area (Å²) in [6.45, 7) is 6.39. The number of hydrogen-bond acceptors (Lipinski definition) is 5. The van der Waals surface area contributed by atoms with Gasteiger partial charge in [-0.15, -0.1) is 0 Å². The molecule has 2 rings (SSSR count). The normalized spacial score (nSPS) is 11.6. The smallest absolute Gasteiger partial charge is 0.335 e. The fraction of sp³-hybridized carbons (Fsp3) is 0.174. The van der Waals surface area contributed by atoms with Crippen molar-refractivity contribution in [1.29, 1.82) is 0 Å². The number of carboxylic acid groups (broad SMARTS) is 2. The van der Waals surface area contributed by atoms with E-state index in [4.69, 9.17) is 10.2 Å². The van der Waals surface area contributed by atoms with Gasteiger partial charge in [0.25, 0.3) is 0 Å². The van der Waals surface area contributed by atoms with Crippen molar-refractivity contribution in [2.24, 2.45) is 0 Å². The van der Waals surface area contributed by atoms with Crippen molar-refractivity contribution in [1.82, 2.24) is 10.3 Å². The monoisotopic (exact) mass is 407 g/mol. The Labute approximate surface area is 175 Å². The lowest BCUT2D eigenvalue weighted by Crippen LogP contribution is -2.17. The molecule has 0 aliphatic carbocycles. The van der Waals surface area contributed by atoms with Crippen molar-refractivity contribution in [2.75, 3.05) is 11.9 Å². The van der Waals surface area contributed by atoms with Crippen LogP contribution in [0.2, 0.25) is 0 Å². The number of hydrogen-bond donors (Lipinski definition) is 4. The molecule has 0 saturated heterocycles. The van der Waals surface area contributed by atoms with E-state index in [0.29, 0.717) is 30.9 Å². The predicted octanol–water partition coefficient (Wildman–Crippen LogP) is 3.62. The number of aromatic nitrogens is 1. The standard InChI is InChI=1S/C23H25N3O4/c1-3-16(22(27)28)13-18(4-2)24-12-11-19-8-6-10-21(26-19)15-25-20-9-5-7-17(14-20)23(29)30/h3-10,13-14,24-25H,1,11-12,15H2,2H3,(H,27,28)(H,29,30)/b16-13+,18-4+. The first-order valence-corrected chi connectivity index (χ1v) is 9.42. The molecular formula is C23H25N3O4. The lowest BCUT2D eigenvalue weighted by molar-refractivity contribution is -0.132. The van der Waals surface area contributed by atoms with Crippen molar-refractivity contribution >= 4 is 17.6 Å². The van der Waals surface area contributed by atoms with E-state index in [0.717, 1.165) is 11.4 Å². The molecule has 2 aromatic rings. The Balaban J connectivity index is 1.92. The summed E-state index contributed by atoms with van der Waals surface area (Å²) in [5.74, 6) is -1.99. The van der Waals surface area contributed by atoms with E-state index in [1.54, 1.807) is 30.3 Å². The molecule has 0 unspecified atom stereocenters. The predicted molar refractivity (Wildman–Crippen MR) is 116 cm³/mol. The van der Waals surface area contributed by atoms with Crippen LogP contribution >= 0.6 is 0 Å². The number of aliphatic carboxylic acids is 1. The molecule has 7 nitrogen and oxygen atoms in total. The van der Waals surface area contributed by atoms with E-state index < -0.39 is 11.9 Å². The zero-order chi connectivity index (χ0) is 21.9. The third-order valence-corrected chi connectivity index (χ3v) is 4.25. The molecule has 1 aromatic heterocycles. The van der Waals surface area contributed by atoms with Gasteiger partial charge in [-0.1, -0.05) is 30.9 Å². The maximum atomic E-state index is 11.1. The molecule has 0 spiro atoms. The lowest BCUT2D eigenvalue weighted by atomic mass is 10.2. The summed E-state index contributed by atoms with van der Waals surface area (Å²) in [5.41, 5.74) is 3.48. The average molecular weight is 407 g/mol. The zero-order valence-corrected chi connectivity index (χ0v) is 16.8. The molecular weight excluding hydrogens is 382 g/mol. The summed E-state index contributed by atoms with van der Waals surface area (Å²) in [4.78, 5) is 26.8. The lowest BCUT2D eigenvalue weighted by Gasteiger charge is -2.10. The van der Waals surface area contributed by atoms with Gasteiger partial charge in [-0.25, -0.2) is 9.59 Å².